The molecule has 0 N–H and O–H groups in total. The van der Waals surface area contributed by atoms with Crippen LogP contribution in [0.25, 0.3) is 0 Å². The minimum absolute atomic E-state index is 0.703. The summed E-state index contributed by atoms with van der Waals surface area (Å²) in [6.45, 7) is 2.42. The van der Waals surface area contributed by atoms with Gasteiger partial charge in [-0.3, -0.25) is 4.31 Å². The molecule has 0 amide bonds. The van der Waals surface area contributed by atoms with Gasteiger partial charge in [0.2, 0.25) is 0 Å². The summed E-state index contributed by atoms with van der Waals surface area (Å²) < 4.78 is 2.19. The molecule has 0 aromatic heterocycles. The highest BCUT2D eigenvalue weighted by atomic mass is 32.2. The minimum Gasteiger partial charge on any atom is -0.253 e. The fourth-order valence-electron chi connectivity index (χ4n) is 3.02. The van der Waals surface area contributed by atoms with Gasteiger partial charge in [-0.1, -0.05) is 44.4 Å². The van der Waals surface area contributed by atoms with E-state index in [9.17, 15) is 0 Å². The van der Waals surface area contributed by atoms with Crippen molar-refractivity contribution >= 4 is 11.9 Å². The highest BCUT2D eigenvalue weighted by Crippen LogP contribution is 2.39. The molecule has 0 spiro atoms. The van der Waals surface area contributed by atoms with Crippen molar-refractivity contribution in [2.45, 2.75) is 49.8 Å². The van der Waals surface area contributed by atoms with E-state index in [1.54, 1.807) is 5.56 Å². The van der Waals surface area contributed by atoms with E-state index in [2.05, 4.69) is 49.6 Å². The Balaban J connectivity index is 2.15. The molecule has 0 bridgehead atoms. The predicted molar refractivity (Wildman–Crippen MR) is 81.0 cm³/mol. The Morgan fingerprint density at radius 1 is 1.11 bits per heavy atom. The lowest BCUT2D eigenvalue weighted by atomic mass is 9.78. The molecule has 1 aromatic carbocycles. The minimum atomic E-state index is 0.703. The first-order valence-corrected chi connectivity index (χ1v) is 7.90. The zero-order valence-corrected chi connectivity index (χ0v) is 12.7. The topological polar surface area (TPSA) is 3.24 Å². The molecule has 1 saturated carbocycles. The molecule has 0 radical (unpaired) electrons. The van der Waals surface area contributed by atoms with Gasteiger partial charge in [0.25, 0.3) is 0 Å². The van der Waals surface area contributed by atoms with E-state index >= 15 is 0 Å². The quantitative estimate of drug-likeness (QED) is 0.708. The molecular weight excluding hydrogens is 238 g/mol. The molecule has 1 nitrogen and oxygen atoms in total. The van der Waals surface area contributed by atoms with Crippen molar-refractivity contribution in [3.8, 4) is 0 Å². The van der Waals surface area contributed by atoms with Gasteiger partial charge in [0.15, 0.2) is 0 Å². The Hall–Kier alpha value is -0.470. The van der Waals surface area contributed by atoms with Crippen LogP contribution < -0.4 is 0 Å². The molecular formula is C16H25NS. The van der Waals surface area contributed by atoms with E-state index in [0.717, 1.165) is 5.92 Å². The molecule has 1 atom stereocenters. The summed E-state index contributed by atoms with van der Waals surface area (Å²) in [5, 5.41) is 0. The summed E-state index contributed by atoms with van der Waals surface area (Å²) in [7, 11) is 4.24. The standard InChI is InChI=1S/C16H25NS/c1-13(14-9-5-4-6-10-14)15-11-7-8-12-16(15)18-17(2)3/h7-8,11-14H,4-6,9-10H2,1-3H3. The van der Waals surface area contributed by atoms with Crippen LogP contribution >= 0.6 is 11.9 Å². The van der Waals surface area contributed by atoms with Gasteiger partial charge in [0.05, 0.1) is 0 Å². The lowest BCUT2D eigenvalue weighted by Crippen LogP contribution is -2.15. The van der Waals surface area contributed by atoms with Crippen molar-refractivity contribution < 1.29 is 0 Å². The normalized spacial score (nSPS) is 19.1. The average Bonchev–Trinajstić information content (AvgIpc) is 2.39. The molecule has 1 fully saturated rings. The molecule has 1 aliphatic rings. The first-order valence-electron chi connectivity index (χ1n) is 7.12. The van der Waals surface area contributed by atoms with Crippen LogP contribution in [0.4, 0.5) is 0 Å². The predicted octanol–water partition coefficient (Wildman–Crippen LogP) is 4.94. The Kier molecular flexibility index (Phi) is 5.13. The van der Waals surface area contributed by atoms with Gasteiger partial charge in [-0.2, -0.15) is 0 Å². The first kappa shape index (κ1) is 14.0. The van der Waals surface area contributed by atoms with Gasteiger partial charge < -0.3 is 0 Å². The van der Waals surface area contributed by atoms with Gasteiger partial charge in [0.1, 0.15) is 0 Å². The van der Waals surface area contributed by atoms with Gasteiger partial charge in [-0.05, 0) is 62.4 Å². The SMILES string of the molecule is CC(c1ccccc1SN(C)C)C1CCCCC1. The van der Waals surface area contributed by atoms with Crippen LogP contribution in [0.2, 0.25) is 0 Å². The zero-order valence-electron chi connectivity index (χ0n) is 11.9. The maximum absolute atomic E-state index is 2.42. The number of hydrogen-bond donors (Lipinski definition) is 0. The highest BCUT2D eigenvalue weighted by molar-refractivity contribution is 7.97. The molecule has 0 aliphatic heterocycles. The van der Waals surface area contributed by atoms with Crippen LogP contribution in [-0.2, 0) is 0 Å². The van der Waals surface area contributed by atoms with Gasteiger partial charge >= 0.3 is 0 Å². The third kappa shape index (κ3) is 3.52. The summed E-state index contributed by atoms with van der Waals surface area (Å²) >= 11 is 1.85. The summed E-state index contributed by atoms with van der Waals surface area (Å²) in [6, 6.07) is 8.93. The van der Waals surface area contributed by atoms with Crippen LogP contribution in [-0.4, -0.2) is 18.4 Å². The Morgan fingerprint density at radius 2 is 1.78 bits per heavy atom. The molecule has 1 aliphatic carbocycles. The number of nitrogens with zero attached hydrogens (tertiary/aromatic N) is 1. The van der Waals surface area contributed by atoms with Gasteiger partial charge in [-0.15, -0.1) is 0 Å². The third-order valence-electron chi connectivity index (χ3n) is 4.05. The third-order valence-corrected chi connectivity index (χ3v) is 4.98. The Morgan fingerprint density at radius 3 is 2.44 bits per heavy atom. The largest absolute Gasteiger partial charge is 0.253 e. The van der Waals surface area contributed by atoms with Crippen molar-refractivity contribution in [1.82, 2.24) is 4.31 Å². The van der Waals surface area contributed by atoms with Crippen LogP contribution in [0.5, 0.6) is 0 Å². The van der Waals surface area contributed by atoms with Crippen molar-refractivity contribution in [2.24, 2.45) is 5.92 Å². The molecule has 1 aromatic rings. The van der Waals surface area contributed by atoms with Crippen LogP contribution in [0.1, 0.15) is 50.5 Å². The maximum atomic E-state index is 2.42. The van der Waals surface area contributed by atoms with Crippen LogP contribution in [0.3, 0.4) is 0 Å². The fourth-order valence-corrected chi connectivity index (χ4v) is 3.92. The van der Waals surface area contributed by atoms with E-state index in [1.807, 2.05) is 11.9 Å². The van der Waals surface area contributed by atoms with Crippen LogP contribution in [0, 0.1) is 5.92 Å². The monoisotopic (exact) mass is 263 g/mol. The number of benzene rings is 1. The van der Waals surface area contributed by atoms with Crippen molar-refractivity contribution in [3.63, 3.8) is 0 Å². The fraction of sp³-hybridized carbons (Fsp3) is 0.625. The van der Waals surface area contributed by atoms with Crippen molar-refractivity contribution in [3.05, 3.63) is 29.8 Å². The first-order chi connectivity index (χ1) is 8.68. The lowest BCUT2D eigenvalue weighted by Gasteiger charge is -2.29. The van der Waals surface area contributed by atoms with Crippen molar-refractivity contribution in [1.29, 1.82) is 0 Å². The zero-order chi connectivity index (χ0) is 13.0. The van der Waals surface area contributed by atoms with E-state index in [1.165, 1.54) is 37.0 Å². The molecule has 0 heterocycles. The van der Waals surface area contributed by atoms with E-state index < -0.39 is 0 Å². The van der Waals surface area contributed by atoms with Gasteiger partial charge in [0, 0.05) is 4.90 Å². The molecule has 0 saturated heterocycles. The van der Waals surface area contributed by atoms with E-state index in [-0.39, 0.29) is 0 Å². The average molecular weight is 263 g/mol. The van der Waals surface area contributed by atoms with Crippen LogP contribution in [0.15, 0.2) is 29.2 Å². The number of rotatable bonds is 4. The second-order valence-electron chi connectivity index (χ2n) is 5.63. The Labute approximate surface area is 116 Å². The highest BCUT2D eigenvalue weighted by Gasteiger charge is 2.23. The van der Waals surface area contributed by atoms with E-state index in [0.29, 0.717) is 5.92 Å². The molecule has 2 rings (SSSR count). The summed E-state index contributed by atoms with van der Waals surface area (Å²) in [5.41, 5.74) is 1.54. The van der Waals surface area contributed by atoms with E-state index in [4.69, 9.17) is 0 Å². The summed E-state index contributed by atoms with van der Waals surface area (Å²) in [6.07, 6.45) is 7.14. The summed E-state index contributed by atoms with van der Waals surface area (Å²) in [5.74, 6) is 1.59. The smallest absolute Gasteiger partial charge is 0.0264 e. The molecule has 1 unspecified atom stereocenters. The second kappa shape index (κ2) is 6.63. The molecule has 2 heteroatoms. The Bertz CT molecular complexity index is 369. The lowest BCUT2D eigenvalue weighted by molar-refractivity contribution is 0.314. The van der Waals surface area contributed by atoms with Crippen molar-refractivity contribution in [2.75, 3.05) is 14.1 Å². The van der Waals surface area contributed by atoms with Gasteiger partial charge in [-0.25, -0.2) is 0 Å². The summed E-state index contributed by atoms with van der Waals surface area (Å²) in [4.78, 5) is 1.43. The molecule has 18 heavy (non-hydrogen) atoms. The number of hydrogen-bond acceptors (Lipinski definition) is 2. The molecule has 100 valence electrons. The second-order valence-corrected chi connectivity index (χ2v) is 6.98. The maximum Gasteiger partial charge on any atom is 0.0264 e.